The molecule has 0 unspecified atom stereocenters. The molecule has 1 aromatic heterocycles. The van der Waals surface area contributed by atoms with Gasteiger partial charge in [0.1, 0.15) is 25.5 Å². The third-order valence-corrected chi connectivity index (χ3v) is 2.96. The van der Waals surface area contributed by atoms with Gasteiger partial charge >= 0.3 is 0 Å². The van der Waals surface area contributed by atoms with Gasteiger partial charge in [0.05, 0.1) is 5.52 Å². The lowest BCUT2D eigenvalue weighted by atomic mass is 10.1. The van der Waals surface area contributed by atoms with Crippen molar-refractivity contribution in [2.75, 3.05) is 12.4 Å². The first-order chi connectivity index (χ1) is 14.7. The van der Waals surface area contributed by atoms with Crippen LogP contribution in [-0.4, -0.2) is 22.8 Å². The molecule has 1 heterocycles. The van der Waals surface area contributed by atoms with Gasteiger partial charge in [0, 0.05) is 16.6 Å². The van der Waals surface area contributed by atoms with E-state index in [0.717, 1.165) is 16.5 Å². The van der Waals surface area contributed by atoms with Crippen molar-refractivity contribution in [2.45, 2.75) is 48.5 Å². The average molecular weight is 414 g/mol. The van der Waals surface area contributed by atoms with Gasteiger partial charge in [-0.15, -0.1) is 0 Å². The number of benzene rings is 1. The monoisotopic (exact) mass is 413 g/mol. The third kappa shape index (κ3) is 9.71. The first kappa shape index (κ1) is 28.8. The second-order valence-corrected chi connectivity index (χ2v) is 4.54. The summed E-state index contributed by atoms with van der Waals surface area (Å²) in [4.78, 5) is 17.7. The third-order valence-electron chi connectivity index (χ3n) is 2.96. The maximum Gasteiger partial charge on any atom is 0.159 e. The van der Waals surface area contributed by atoms with E-state index >= 15 is 0 Å². The van der Waals surface area contributed by atoms with Gasteiger partial charge in [0.2, 0.25) is 0 Å². The fraction of sp³-hybridized carbons (Fsp3) is 0.348. The predicted octanol–water partition coefficient (Wildman–Crippen LogP) is 5.41. The highest BCUT2D eigenvalue weighted by atomic mass is 16.6. The first-order valence-electron chi connectivity index (χ1n) is 9.96. The number of nitrogens with two attached hydrogens (primary N) is 1. The summed E-state index contributed by atoms with van der Waals surface area (Å²) in [6.07, 6.45) is 4.36. The van der Waals surface area contributed by atoms with Crippen LogP contribution in [0, 0.1) is 11.8 Å². The van der Waals surface area contributed by atoms with Crippen molar-refractivity contribution in [3.8, 4) is 11.8 Å². The van der Waals surface area contributed by atoms with Crippen LogP contribution in [-0.2, 0) is 9.68 Å². The van der Waals surface area contributed by atoms with Crippen LogP contribution in [0.15, 0.2) is 54.3 Å². The Bertz CT molecular complexity index is 865. The molecule has 0 saturated heterocycles. The van der Waals surface area contributed by atoms with E-state index in [1.165, 1.54) is 19.7 Å². The Kier molecular flexibility index (Phi) is 18.2. The van der Waals surface area contributed by atoms with Gasteiger partial charge in [-0.2, -0.15) is 5.90 Å². The van der Waals surface area contributed by atoms with E-state index in [2.05, 4.69) is 43.7 Å². The number of aromatic nitrogens is 2. The largest absolute Gasteiger partial charge is 0.419 e. The zero-order valence-corrected chi connectivity index (χ0v) is 19.4. The number of nitrogens with zero attached hydrogens (tertiary/aromatic N) is 3. The standard InChI is InChI=1S/C17H17N5O2.3C2H6/c1-4-5-15(22-23-3)13-6-7-16-14(10-13)17(20-11-19-16)21-12(2)8-9-24-18;3*1-2/h6-11H,2,18H2,1,3H3,(H,19,20,21);3*1-2H3/b9-8-,22-15+;;;. The molecule has 0 bridgehead atoms. The van der Waals surface area contributed by atoms with Gasteiger partial charge in [-0.05, 0) is 37.1 Å². The van der Waals surface area contributed by atoms with Gasteiger partial charge in [0.25, 0.3) is 0 Å². The number of fused-ring (bicyclic) bond motifs is 1. The summed E-state index contributed by atoms with van der Waals surface area (Å²) in [5.74, 6) is 11.3. The van der Waals surface area contributed by atoms with E-state index in [0.29, 0.717) is 17.2 Å². The summed E-state index contributed by atoms with van der Waals surface area (Å²) in [5.41, 5.74) is 2.64. The van der Waals surface area contributed by atoms with E-state index in [9.17, 15) is 0 Å². The van der Waals surface area contributed by atoms with Crippen molar-refractivity contribution in [1.29, 1.82) is 0 Å². The Labute approximate surface area is 181 Å². The van der Waals surface area contributed by atoms with Crippen molar-refractivity contribution in [2.24, 2.45) is 11.1 Å². The molecule has 0 aliphatic heterocycles. The number of anilines is 1. The Morgan fingerprint density at radius 3 is 2.40 bits per heavy atom. The molecule has 0 fully saturated rings. The normalized spacial score (nSPS) is 9.43. The minimum atomic E-state index is 0.520. The molecule has 1 aromatic carbocycles. The molecule has 164 valence electrons. The van der Waals surface area contributed by atoms with Crippen molar-refractivity contribution >= 4 is 22.4 Å². The van der Waals surface area contributed by atoms with Gasteiger partial charge in [0.15, 0.2) is 5.71 Å². The molecule has 0 aliphatic rings. The molecule has 2 aromatic rings. The predicted molar refractivity (Wildman–Crippen MR) is 128 cm³/mol. The smallest absolute Gasteiger partial charge is 0.159 e. The van der Waals surface area contributed by atoms with E-state index in [4.69, 9.17) is 10.7 Å². The number of oxime groups is 1. The number of nitrogens with one attached hydrogen (secondary N) is 1. The van der Waals surface area contributed by atoms with Gasteiger partial charge < -0.3 is 15.0 Å². The maximum atomic E-state index is 4.95. The highest BCUT2D eigenvalue weighted by Gasteiger charge is 2.08. The minimum Gasteiger partial charge on any atom is -0.419 e. The first-order valence-corrected chi connectivity index (χ1v) is 9.96. The van der Waals surface area contributed by atoms with Gasteiger partial charge in [-0.3, -0.25) is 0 Å². The number of rotatable bonds is 6. The van der Waals surface area contributed by atoms with Gasteiger partial charge in [-0.1, -0.05) is 59.2 Å². The van der Waals surface area contributed by atoms with Crippen LogP contribution in [0.4, 0.5) is 5.82 Å². The summed E-state index contributed by atoms with van der Waals surface area (Å²) < 4.78 is 0. The molecular weight excluding hydrogens is 378 g/mol. The minimum absolute atomic E-state index is 0.520. The SMILES string of the molecule is C=C(/C=C\ON)Nc1ncnc2ccc(/C(C#CC)=N/OC)cc12.CC.CC.CC. The Morgan fingerprint density at radius 1 is 1.17 bits per heavy atom. The Morgan fingerprint density at radius 2 is 1.83 bits per heavy atom. The van der Waals surface area contributed by atoms with Crippen molar-refractivity contribution < 1.29 is 9.68 Å². The highest BCUT2D eigenvalue weighted by molar-refractivity contribution is 6.14. The molecule has 7 heteroatoms. The zero-order valence-electron chi connectivity index (χ0n) is 19.4. The second-order valence-electron chi connectivity index (χ2n) is 4.54. The fourth-order valence-electron chi connectivity index (χ4n) is 1.98. The summed E-state index contributed by atoms with van der Waals surface area (Å²) in [6, 6.07) is 5.62. The van der Waals surface area contributed by atoms with Crippen LogP contribution in [0.2, 0.25) is 0 Å². The molecule has 0 saturated carbocycles. The second kappa shape index (κ2) is 19.0. The van der Waals surface area contributed by atoms with Crippen LogP contribution in [0.3, 0.4) is 0 Å². The van der Waals surface area contributed by atoms with E-state index < -0.39 is 0 Å². The van der Waals surface area contributed by atoms with E-state index in [1.807, 2.05) is 59.7 Å². The van der Waals surface area contributed by atoms with Gasteiger partial charge in [-0.25, -0.2) is 9.97 Å². The van der Waals surface area contributed by atoms with Crippen LogP contribution in [0.1, 0.15) is 54.0 Å². The maximum absolute atomic E-state index is 4.95. The van der Waals surface area contributed by atoms with Crippen LogP contribution in [0.5, 0.6) is 0 Å². The molecule has 0 atom stereocenters. The molecule has 2 rings (SSSR count). The molecule has 0 amide bonds. The van der Waals surface area contributed by atoms with Crippen molar-refractivity contribution in [3.05, 3.63) is 54.7 Å². The highest BCUT2D eigenvalue weighted by Crippen LogP contribution is 2.22. The Balaban J connectivity index is 0. The van der Waals surface area contributed by atoms with E-state index in [-0.39, 0.29) is 0 Å². The molecule has 7 nitrogen and oxygen atoms in total. The lowest BCUT2D eigenvalue weighted by molar-refractivity contribution is 0.214. The molecule has 30 heavy (non-hydrogen) atoms. The summed E-state index contributed by atoms with van der Waals surface area (Å²) >= 11 is 0. The molecule has 3 N–H and O–H groups in total. The summed E-state index contributed by atoms with van der Waals surface area (Å²) in [5, 5.41) is 7.81. The lowest BCUT2D eigenvalue weighted by Crippen LogP contribution is -2.02. The summed E-state index contributed by atoms with van der Waals surface area (Å²) in [6.45, 7) is 17.6. The lowest BCUT2D eigenvalue weighted by Gasteiger charge is -2.09. The fourth-order valence-corrected chi connectivity index (χ4v) is 1.98. The number of hydrogen-bond donors (Lipinski definition) is 2. The molecule has 0 radical (unpaired) electrons. The van der Waals surface area contributed by atoms with E-state index in [1.54, 1.807) is 13.0 Å². The van der Waals surface area contributed by atoms with Crippen molar-refractivity contribution in [1.82, 2.24) is 9.97 Å². The number of hydrogen-bond acceptors (Lipinski definition) is 7. The van der Waals surface area contributed by atoms with Crippen LogP contribution >= 0.6 is 0 Å². The Hall–Kier alpha value is -3.37. The number of allylic oxidation sites excluding steroid dienone is 1. The van der Waals surface area contributed by atoms with Crippen molar-refractivity contribution in [3.63, 3.8) is 0 Å². The quantitative estimate of drug-likeness (QED) is 0.216. The van der Waals surface area contributed by atoms with Crippen LogP contribution < -0.4 is 11.2 Å². The average Bonchev–Trinajstić information content (AvgIpc) is 2.81. The van der Waals surface area contributed by atoms with Crippen LogP contribution in [0.25, 0.3) is 10.9 Å². The molecular formula is C23H35N5O2. The molecule has 0 aliphatic carbocycles. The molecule has 0 spiro atoms. The zero-order chi connectivity index (χ0) is 23.4. The topological polar surface area (TPSA) is 94.7 Å². The summed E-state index contributed by atoms with van der Waals surface area (Å²) in [7, 11) is 1.48.